The van der Waals surface area contributed by atoms with E-state index in [1.807, 2.05) is 6.07 Å². The highest BCUT2D eigenvalue weighted by Gasteiger charge is 2.21. The van der Waals surface area contributed by atoms with Gasteiger partial charge in [-0.25, -0.2) is 0 Å². The fraction of sp³-hybridized carbons (Fsp3) is 0.400. The molecule has 78 valence electrons. The van der Waals surface area contributed by atoms with Gasteiger partial charge in [-0.1, -0.05) is 6.07 Å². The van der Waals surface area contributed by atoms with Crippen LogP contribution in [0.25, 0.3) is 0 Å². The molecule has 2 rings (SSSR count). The van der Waals surface area contributed by atoms with Crippen LogP contribution in [-0.4, -0.2) is 16.3 Å². The van der Waals surface area contributed by atoms with E-state index < -0.39 is 0 Å². The topological polar surface area (TPSA) is 68.1 Å². The fourth-order valence-electron chi connectivity index (χ4n) is 1.90. The van der Waals surface area contributed by atoms with E-state index in [1.54, 1.807) is 6.07 Å². The first-order valence-electron chi connectivity index (χ1n) is 4.54. The molecule has 14 heavy (non-hydrogen) atoms. The molecule has 0 bridgehead atoms. The number of rotatable bonds is 0. The summed E-state index contributed by atoms with van der Waals surface area (Å²) < 4.78 is 0. The molecule has 5 N–H and O–H groups in total. The Morgan fingerprint density at radius 3 is 2.71 bits per heavy atom. The van der Waals surface area contributed by atoms with Crippen LogP contribution in [0.1, 0.15) is 17.5 Å². The first-order valence-corrected chi connectivity index (χ1v) is 4.54. The third kappa shape index (κ3) is 1.86. The Morgan fingerprint density at radius 2 is 2.00 bits per heavy atom. The zero-order chi connectivity index (χ0) is 9.42. The van der Waals surface area contributed by atoms with Crippen molar-refractivity contribution in [3.05, 3.63) is 23.3 Å². The molecular formula is C10H14BrNO2. The van der Waals surface area contributed by atoms with E-state index in [0.29, 0.717) is 6.04 Å². The third-order valence-electron chi connectivity index (χ3n) is 2.67. The van der Waals surface area contributed by atoms with Gasteiger partial charge < -0.3 is 32.9 Å². The fourth-order valence-corrected chi connectivity index (χ4v) is 1.90. The van der Waals surface area contributed by atoms with E-state index in [2.05, 4.69) is 5.73 Å². The van der Waals surface area contributed by atoms with Gasteiger partial charge in [0.2, 0.25) is 0 Å². The first-order chi connectivity index (χ1) is 6.18. The lowest BCUT2D eigenvalue weighted by atomic mass is 9.88. The highest BCUT2D eigenvalue weighted by atomic mass is 79.9. The van der Waals surface area contributed by atoms with E-state index in [4.69, 9.17) is 0 Å². The standard InChI is InChI=1S/C10H13NO2.BrH/c11-7-2-3-8-6(5-7)1-4-9(12)10(8)13;/h1,4,7,12-13H,2-3,5,11H2;1H. The SMILES string of the molecule is [Br-].[NH3+]C1CCc2c(ccc(O)c2O)C1. The van der Waals surface area contributed by atoms with Gasteiger partial charge in [0.1, 0.15) is 0 Å². The van der Waals surface area contributed by atoms with Crippen molar-refractivity contribution in [2.75, 3.05) is 0 Å². The van der Waals surface area contributed by atoms with Crippen LogP contribution < -0.4 is 22.7 Å². The van der Waals surface area contributed by atoms with Gasteiger partial charge in [-0.15, -0.1) is 0 Å². The summed E-state index contributed by atoms with van der Waals surface area (Å²) in [6.07, 6.45) is 2.72. The molecule has 3 nitrogen and oxygen atoms in total. The molecule has 1 aliphatic rings. The molecule has 1 atom stereocenters. The summed E-state index contributed by atoms with van der Waals surface area (Å²) in [5, 5.41) is 18.8. The average molecular weight is 260 g/mol. The first kappa shape index (κ1) is 11.3. The number of phenols is 2. The van der Waals surface area contributed by atoms with Gasteiger partial charge in [0.05, 0.1) is 6.04 Å². The maximum Gasteiger partial charge on any atom is 0.160 e. The Balaban J connectivity index is 0.000000980. The van der Waals surface area contributed by atoms with E-state index in [1.165, 1.54) is 0 Å². The number of fused-ring (bicyclic) bond motifs is 1. The summed E-state index contributed by atoms with van der Waals surface area (Å²) >= 11 is 0. The molecule has 0 radical (unpaired) electrons. The van der Waals surface area contributed by atoms with Crippen LogP contribution in [0.5, 0.6) is 11.5 Å². The molecule has 0 aromatic heterocycles. The number of hydrogen-bond donors (Lipinski definition) is 3. The molecule has 0 aliphatic heterocycles. The van der Waals surface area contributed by atoms with E-state index in [9.17, 15) is 10.2 Å². The third-order valence-corrected chi connectivity index (χ3v) is 2.67. The molecule has 1 unspecified atom stereocenters. The van der Waals surface area contributed by atoms with Crippen molar-refractivity contribution in [1.82, 2.24) is 0 Å². The quantitative estimate of drug-likeness (QED) is 0.441. The Kier molecular flexibility index (Phi) is 3.39. The van der Waals surface area contributed by atoms with Crippen LogP contribution in [0.4, 0.5) is 0 Å². The van der Waals surface area contributed by atoms with Gasteiger partial charge in [-0.3, -0.25) is 0 Å². The predicted molar refractivity (Wildman–Crippen MR) is 48.5 cm³/mol. The lowest BCUT2D eigenvalue weighted by Gasteiger charge is -2.20. The van der Waals surface area contributed by atoms with Gasteiger partial charge in [0, 0.05) is 18.4 Å². The number of halogens is 1. The van der Waals surface area contributed by atoms with E-state index >= 15 is 0 Å². The number of quaternary nitrogens is 1. The maximum atomic E-state index is 9.56. The molecule has 1 aliphatic carbocycles. The highest BCUT2D eigenvalue weighted by Crippen LogP contribution is 2.34. The second-order valence-corrected chi connectivity index (χ2v) is 3.68. The van der Waals surface area contributed by atoms with Crippen LogP contribution in [0.3, 0.4) is 0 Å². The Hall–Kier alpha value is -0.740. The highest BCUT2D eigenvalue weighted by molar-refractivity contribution is 5.50. The minimum atomic E-state index is -0.0127. The Morgan fingerprint density at radius 1 is 1.29 bits per heavy atom. The molecule has 0 saturated heterocycles. The molecular weight excluding hydrogens is 246 g/mol. The number of hydrogen-bond acceptors (Lipinski definition) is 2. The lowest BCUT2D eigenvalue weighted by Crippen LogP contribution is -3.00. The van der Waals surface area contributed by atoms with Crippen molar-refractivity contribution < 1.29 is 32.9 Å². The van der Waals surface area contributed by atoms with Crippen molar-refractivity contribution in [3.63, 3.8) is 0 Å². The van der Waals surface area contributed by atoms with Gasteiger partial charge in [-0.05, 0) is 18.1 Å². The van der Waals surface area contributed by atoms with Crippen LogP contribution in [-0.2, 0) is 12.8 Å². The Bertz CT molecular complexity index is 341. The number of aromatic hydroxyl groups is 2. The van der Waals surface area contributed by atoms with Crippen LogP contribution in [0.2, 0.25) is 0 Å². The second kappa shape index (κ2) is 4.19. The zero-order valence-electron chi connectivity index (χ0n) is 7.83. The molecule has 0 spiro atoms. The predicted octanol–water partition coefficient (Wildman–Crippen LogP) is -2.80. The minimum absolute atomic E-state index is 0. The van der Waals surface area contributed by atoms with Gasteiger partial charge in [0.25, 0.3) is 0 Å². The summed E-state index contributed by atoms with van der Waals surface area (Å²) in [6.45, 7) is 0. The molecule has 1 aromatic rings. The summed E-state index contributed by atoms with van der Waals surface area (Å²) in [5.74, 6) is 0.0469. The molecule has 0 fully saturated rings. The molecule has 0 heterocycles. The monoisotopic (exact) mass is 259 g/mol. The smallest absolute Gasteiger partial charge is 0.160 e. The molecule has 1 aromatic carbocycles. The second-order valence-electron chi connectivity index (χ2n) is 3.68. The lowest BCUT2D eigenvalue weighted by molar-refractivity contribution is -0.421. The summed E-state index contributed by atoms with van der Waals surface area (Å²) in [5.41, 5.74) is 6.03. The summed E-state index contributed by atoms with van der Waals surface area (Å²) in [7, 11) is 0. The van der Waals surface area contributed by atoms with Crippen molar-refractivity contribution in [1.29, 1.82) is 0 Å². The van der Waals surface area contributed by atoms with Crippen LogP contribution >= 0.6 is 0 Å². The molecule has 4 heteroatoms. The Labute approximate surface area is 93.3 Å². The van der Waals surface area contributed by atoms with Gasteiger partial charge >= 0.3 is 0 Å². The largest absolute Gasteiger partial charge is 1.00 e. The summed E-state index contributed by atoms with van der Waals surface area (Å²) in [4.78, 5) is 0. The van der Waals surface area contributed by atoms with E-state index in [-0.39, 0.29) is 28.5 Å². The molecule has 0 amide bonds. The minimum Gasteiger partial charge on any atom is -1.00 e. The van der Waals surface area contributed by atoms with Crippen LogP contribution in [0, 0.1) is 0 Å². The molecule has 0 saturated carbocycles. The maximum absolute atomic E-state index is 9.56. The van der Waals surface area contributed by atoms with Gasteiger partial charge in [0.15, 0.2) is 11.5 Å². The summed E-state index contributed by atoms with van der Waals surface area (Å²) in [6, 6.07) is 3.87. The number of phenolic OH excluding ortho intramolecular Hbond substituents is 2. The van der Waals surface area contributed by atoms with Crippen molar-refractivity contribution in [2.45, 2.75) is 25.3 Å². The number of benzene rings is 1. The van der Waals surface area contributed by atoms with Crippen molar-refractivity contribution >= 4 is 0 Å². The normalized spacial score (nSPS) is 19.6. The van der Waals surface area contributed by atoms with Crippen molar-refractivity contribution in [3.8, 4) is 11.5 Å². The van der Waals surface area contributed by atoms with Crippen molar-refractivity contribution in [2.24, 2.45) is 0 Å². The average Bonchev–Trinajstić information content (AvgIpc) is 2.12. The van der Waals surface area contributed by atoms with Crippen LogP contribution in [0.15, 0.2) is 12.1 Å². The van der Waals surface area contributed by atoms with E-state index in [0.717, 1.165) is 30.4 Å². The zero-order valence-corrected chi connectivity index (χ0v) is 9.42. The van der Waals surface area contributed by atoms with Gasteiger partial charge in [-0.2, -0.15) is 0 Å².